The monoisotopic (exact) mass is 188 g/mol. The summed E-state index contributed by atoms with van der Waals surface area (Å²) in [6.07, 6.45) is 8.72. The zero-order valence-electron chi connectivity index (χ0n) is 6.92. The minimum absolute atomic E-state index is 1.10. The van der Waals surface area contributed by atoms with E-state index in [2.05, 4.69) is 0 Å². The Kier molecular flexibility index (Phi) is 10.3. The second-order valence-corrected chi connectivity index (χ2v) is 3.35. The Hall–Kier alpha value is 0.180. The maximum Gasteiger partial charge on any atom is -0.0210 e. The quantitative estimate of drug-likeness (QED) is 0.420. The molecule has 0 aliphatic heterocycles. The van der Waals surface area contributed by atoms with Gasteiger partial charge in [0, 0.05) is 0 Å². The third-order valence-corrected chi connectivity index (χ3v) is 2.12. The lowest BCUT2D eigenvalue weighted by atomic mass is 10.1. The zero-order valence-corrected chi connectivity index (χ0v) is 8.55. The molecule has 0 rings (SSSR count). The van der Waals surface area contributed by atoms with Crippen molar-refractivity contribution in [1.29, 1.82) is 0 Å². The summed E-state index contributed by atoms with van der Waals surface area (Å²) in [6, 6.07) is 0. The molecule has 64 valence electrons. The molecular formula is C9H16S2. The van der Waals surface area contributed by atoms with Gasteiger partial charge in [-0.25, -0.2) is 0 Å². The number of rotatable bonds is 8. The van der Waals surface area contributed by atoms with Gasteiger partial charge in [0.2, 0.25) is 0 Å². The van der Waals surface area contributed by atoms with Gasteiger partial charge in [-0.05, 0) is 36.4 Å². The van der Waals surface area contributed by atoms with E-state index < -0.39 is 0 Å². The van der Waals surface area contributed by atoms with Gasteiger partial charge in [-0.15, -0.1) is 0 Å². The highest BCUT2D eigenvalue weighted by Crippen LogP contribution is 2.05. The fourth-order valence-corrected chi connectivity index (χ4v) is 1.32. The maximum atomic E-state index is 4.73. The summed E-state index contributed by atoms with van der Waals surface area (Å²) in [6.45, 7) is 0. The smallest absolute Gasteiger partial charge is 0.0210 e. The van der Waals surface area contributed by atoms with Crippen LogP contribution in [-0.2, 0) is 0 Å². The van der Waals surface area contributed by atoms with Gasteiger partial charge in [-0.3, -0.25) is 0 Å². The summed E-state index contributed by atoms with van der Waals surface area (Å²) in [7, 11) is 0. The topological polar surface area (TPSA) is 0 Å². The van der Waals surface area contributed by atoms with E-state index in [4.69, 9.17) is 24.4 Å². The summed E-state index contributed by atoms with van der Waals surface area (Å²) < 4.78 is 0. The van der Waals surface area contributed by atoms with E-state index in [1.165, 1.54) is 32.1 Å². The lowest BCUT2D eigenvalue weighted by molar-refractivity contribution is 0.636. The molecule has 0 aliphatic rings. The average Bonchev–Trinajstić information content (AvgIpc) is 2.03. The molecule has 0 radical (unpaired) electrons. The van der Waals surface area contributed by atoms with Crippen molar-refractivity contribution in [2.24, 2.45) is 0 Å². The van der Waals surface area contributed by atoms with Crippen molar-refractivity contribution in [3.63, 3.8) is 0 Å². The van der Waals surface area contributed by atoms with E-state index in [-0.39, 0.29) is 0 Å². The predicted molar refractivity (Wildman–Crippen MR) is 59.6 cm³/mol. The molecule has 0 heterocycles. The maximum absolute atomic E-state index is 4.73. The molecule has 0 aromatic rings. The van der Waals surface area contributed by atoms with Crippen molar-refractivity contribution in [2.45, 2.75) is 44.9 Å². The number of hydrogen-bond donors (Lipinski definition) is 0. The van der Waals surface area contributed by atoms with Crippen LogP contribution in [0.25, 0.3) is 0 Å². The summed E-state index contributed by atoms with van der Waals surface area (Å²) in [4.78, 5) is 0. The van der Waals surface area contributed by atoms with Crippen LogP contribution in [0.1, 0.15) is 44.9 Å². The minimum Gasteiger partial charge on any atom is -0.0935 e. The van der Waals surface area contributed by atoms with Crippen LogP contribution in [0.3, 0.4) is 0 Å². The van der Waals surface area contributed by atoms with E-state index in [0.29, 0.717) is 0 Å². The first-order valence-corrected chi connectivity index (χ1v) is 5.23. The Labute approximate surface area is 80.4 Å². The molecule has 0 saturated heterocycles. The molecule has 0 fully saturated rings. The van der Waals surface area contributed by atoms with E-state index >= 15 is 0 Å². The molecule has 0 aromatic carbocycles. The molecule has 0 saturated carbocycles. The molecule has 2 heteroatoms. The predicted octanol–water partition coefficient (Wildman–Crippen LogP) is 3.72. The van der Waals surface area contributed by atoms with Gasteiger partial charge < -0.3 is 0 Å². The van der Waals surface area contributed by atoms with Crippen molar-refractivity contribution in [3.05, 3.63) is 0 Å². The van der Waals surface area contributed by atoms with Gasteiger partial charge in [0.05, 0.1) is 0 Å². The summed E-state index contributed by atoms with van der Waals surface area (Å²) >= 11 is 9.46. The molecule has 0 aliphatic carbocycles. The first-order valence-electron chi connectivity index (χ1n) is 4.29. The fourth-order valence-electron chi connectivity index (χ4n) is 0.986. The highest BCUT2D eigenvalue weighted by Gasteiger charge is 1.87. The van der Waals surface area contributed by atoms with Gasteiger partial charge in [-0.1, -0.05) is 43.7 Å². The fraction of sp³-hybridized carbons (Fsp3) is 0.778. The van der Waals surface area contributed by atoms with Gasteiger partial charge in [0.25, 0.3) is 0 Å². The molecule has 0 spiro atoms. The zero-order chi connectivity index (χ0) is 8.36. The normalized spacial score (nSPS) is 9.45. The van der Waals surface area contributed by atoms with Crippen molar-refractivity contribution >= 4 is 35.2 Å². The molecule has 0 unspecified atom stereocenters. The highest BCUT2D eigenvalue weighted by atomic mass is 32.1. The number of hydrogen-bond acceptors (Lipinski definition) is 2. The first-order chi connectivity index (χ1) is 5.41. The van der Waals surface area contributed by atoms with Crippen LogP contribution in [0.15, 0.2) is 0 Å². The lowest BCUT2D eigenvalue weighted by Gasteiger charge is -1.96. The molecule has 11 heavy (non-hydrogen) atoms. The first kappa shape index (κ1) is 11.2. The Morgan fingerprint density at radius 3 is 1.36 bits per heavy atom. The Bertz CT molecular complexity index is 87.7. The second-order valence-electron chi connectivity index (χ2n) is 2.68. The Morgan fingerprint density at radius 1 is 0.636 bits per heavy atom. The molecule has 0 atom stereocenters. The summed E-state index contributed by atoms with van der Waals surface area (Å²) in [5.41, 5.74) is 0. The van der Waals surface area contributed by atoms with Crippen LogP contribution in [0, 0.1) is 0 Å². The highest BCUT2D eigenvalue weighted by molar-refractivity contribution is 7.79. The van der Waals surface area contributed by atoms with Gasteiger partial charge in [-0.2, -0.15) is 0 Å². The summed E-state index contributed by atoms with van der Waals surface area (Å²) in [5.74, 6) is 0. The SMILES string of the molecule is S=CCCCCCCCC=S. The largest absolute Gasteiger partial charge is 0.0935 e. The van der Waals surface area contributed by atoms with Crippen molar-refractivity contribution < 1.29 is 0 Å². The van der Waals surface area contributed by atoms with Crippen LogP contribution in [0.5, 0.6) is 0 Å². The van der Waals surface area contributed by atoms with Crippen molar-refractivity contribution in [3.8, 4) is 0 Å². The van der Waals surface area contributed by atoms with Gasteiger partial charge in [0.15, 0.2) is 0 Å². The minimum atomic E-state index is 1.10. The van der Waals surface area contributed by atoms with Crippen LogP contribution >= 0.6 is 24.4 Å². The van der Waals surface area contributed by atoms with Crippen LogP contribution in [0.4, 0.5) is 0 Å². The molecule has 0 amide bonds. The molecule has 0 bridgehead atoms. The van der Waals surface area contributed by atoms with E-state index in [9.17, 15) is 0 Å². The molecule has 0 nitrogen and oxygen atoms in total. The number of unbranched alkanes of at least 4 members (excludes halogenated alkanes) is 6. The van der Waals surface area contributed by atoms with Gasteiger partial charge in [0.1, 0.15) is 0 Å². The Balaban J connectivity index is 2.79. The average molecular weight is 188 g/mol. The van der Waals surface area contributed by atoms with E-state index in [0.717, 1.165) is 12.8 Å². The molecule has 0 N–H and O–H groups in total. The summed E-state index contributed by atoms with van der Waals surface area (Å²) in [5, 5.41) is 3.66. The third kappa shape index (κ3) is 10.2. The van der Waals surface area contributed by atoms with Crippen LogP contribution < -0.4 is 0 Å². The van der Waals surface area contributed by atoms with Crippen molar-refractivity contribution in [2.75, 3.05) is 0 Å². The van der Waals surface area contributed by atoms with Crippen LogP contribution in [0.2, 0.25) is 0 Å². The van der Waals surface area contributed by atoms with Gasteiger partial charge >= 0.3 is 0 Å². The standard InChI is InChI=1S/C9H16S2/c10-8-6-4-2-1-3-5-7-9-11/h8-9H,1-7H2. The second kappa shape index (κ2) is 10.2. The molecule has 0 aromatic heterocycles. The Morgan fingerprint density at radius 2 is 1.00 bits per heavy atom. The van der Waals surface area contributed by atoms with E-state index in [1.54, 1.807) is 0 Å². The molecular weight excluding hydrogens is 172 g/mol. The van der Waals surface area contributed by atoms with Crippen LogP contribution in [-0.4, -0.2) is 10.7 Å². The van der Waals surface area contributed by atoms with E-state index in [1.807, 2.05) is 10.7 Å². The number of thiocarbonyl (C=S) groups is 2. The third-order valence-electron chi connectivity index (χ3n) is 1.64. The van der Waals surface area contributed by atoms with Crippen molar-refractivity contribution in [1.82, 2.24) is 0 Å². The lowest BCUT2D eigenvalue weighted by Crippen LogP contribution is -1.80.